The van der Waals surface area contributed by atoms with E-state index in [1.54, 1.807) is 0 Å². The average Bonchev–Trinajstić information content (AvgIpc) is 3.12. The highest BCUT2D eigenvalue weighted by Gasteiger charge is 2.28. The fourth-order valence-corrected chi connectivity index (χ4v) is 4.67. The fraction of sp³-hybridized carbons (Fsp3) is 0.188. The molecular formula is C32H33N. The van der Waals surface area contributed by atoms with Gasteiger partial charge < -0.3 is 5.73 Å². The lowest BCUT2D eigenvalue weighted by Crippen LogP contribution is -2.10. The molecule has 1 heteroatoms. The molecular weight excluding hydrogens is 398 g/mol. The molecule has 0 saturated heterocycles. The Morgan fingerprint density at radius 2 is 1.73 bits per heavy atom. The summed E-state index contributed by atoms with van der Waals surface area (Å²) in [5.74, 6) is 0. The van der Waals surface area contributed by atoms with E-state index in [1.807, 2.05) is 12.2 Å². The van der Waals surface area contributed by atoms with Crippen LogP contribution in [0.3, 0.4) is 0 Å². The predicted octanol–water partition coefficient (Wildman–Crippen LogP) is 8.75. The van der Waals surface area contributed by atoms with Crippen LogP contribution in [-0.4, -0.2) is 0 Å². The van der Waals surface area contributed by atoms with Crippen LogP contribution in [0, 0.1) is 0 Å². The van der Waals surface area contributed by atoms with Crippen molar-refractivity contribution in [3.05, 3.63) is 126 Å². The highest BCUT2D eigenvalue weighted by Crippen LogP contribution is 2.45. The standard InChI is InChI=1S/C32H33N/c1-5-22(4)12-8-11-15-27-28(18-16-23(6-2)7-3)32(33)29-19-17-26-20-24-13-9-10-14-25(24)21-30(26)31(27)29/h5-6,9-17,19-21,32H,1-2,7-8,18,33H2,3-4H3/b15-11-,22-12+,23-16-. The molecule has 1 aliphatic rings. The second-order valence-electron chi connectivity index (χ2n) is 8.70. The van der Waals surface area contributed by atoms with Gasteiger partial charge in [-0.15, -0.1) is 0 Å². The second kappa shape index (κ2) is 10.0. The van der Waals surface area contributed by atoms with Crippen molar-refractivity contribution in [2.75, 3.05) is 0 Å². The van der Waals surface area contributed by atoms with E-state index in [2.05, 4.69) is 99.8 Å². The monoisotopic (exact) mass is 431 g/mol. The van der Waals surface area contributed by atoms with E-state index in [1.165, 1.54) is 55.0 Å². The smallest absolute Gasteiger partial charge is 0.0529 e. The van der Waals surface area contributed by atoms with E-state index in [0.717, 1.165) is 19.3 Å². The largest absolute Gasteiger partial charge is 0.320 e. The normalized spacial score (nSPS) is 16.8. The van der Waals surface area contributed by atoms with Crippen LogP contribution < -0.4 is 5.73 Å². The maximum atomic E-state index is 6.86. The third-order valence-electron chi connectivity index (χ3n) is 6.68. The Morgan fingerprint density at radius 1 is 0.970 bits per heavy atom. The molecule has 0 spiro atoms. The SMILES string of the molecule is C=C/C(C)=C/C/C=C\C1=C(C/C=C(/C=C)CC)C(N)c2ccc3cc4ccccc4cc3c21. The summed E-state index contributed by atoms with van der Waals surface area (Å²) >= 11 is 0. The van der Waals surface area contributed by atoms with Crippen LogP contribution in [0.4, 0.5) is 0 Å². The predicted molar refractivity (Wildman–Crippen MR) is 146 cm³/mol. The molecule has 0 saturated carbocycles. The van der Waals surface area contributed by atoms with Crippen LogP contribution in [0.25, 0.3) is 27.1 Å². The minimum absolute atomic E-state index is 0.0971. The van der Waals surface area contributed by atoms with Crippen LogP contribution in [-0.2, 0) is 0 Å². The molecule has 1 nitrogen and oxygen atoms in total. The molecule has 1 atom stereocenters. The third kappa shape index (κ3) is 4.55. The van der Waals surface area contributed by atoms with E-state index in [0.29, 0.717) is 0 Å². The fourth-order valence-electron chi connectivity index (χ4n) is 4.67. The molecule has 0 aromatic heterocycles. The van der Waals surface area contributed by atoms with Gasteiger partial charge in [-0.1, -0.05) is 104 Å². The summed E-state index contributed by atoms with van der Waals surface area (Å²) in [6, 6.07) is 17.5. The zero-order valence-corrected chi connectivity index (χ0v) is 19.8. The molecule has 4 rings (SSSR count). The molecule has 1 aliphatic carbocycles. The third-order valence-corrected chi connectivity index (χ3v) is 6.68. The van der Waals surface area contributed by atoms with Crippen LogP contribution in [0.15, 0.2) is 115 Å². The van der Waals surface area contributed by atoms with Gasteiger partial charge in [0.2, 0.25) is 0 Å². The summed E-state index contributed by atoms with van der Waals surface area (Å²) < 4.78 is 0. The van der Waals surface area contributed by atoms with E-state index in [-0.39, 0.29) is 6.04 Å². The van der Waals surface area contributed by atoms with Crippen LogP contribution >= 0.6 is 0 Å². The van der Waals surface area contributed by atoms with E-state index < -0.39 is 0 Å². The number of allylic oxidation sites excluding steroid dienone is 9. The molecule has 3 aromatic rings. The number of nitrogens with two attached hydrogens (primary N) is 1. The van der Waals surface area contributed by atoms with Crippen LogP contribution in [0.1, 0.15) is 50.3 Å². The van der Waals surface area contributed by atoms with Crippen molar-refractivity contribution in [1.29, 1.82) is 0 Å². The van der Waals surface area contributed by atoms with Gasteiger partial charge in [-0.25, -0.2) is 0 Å². The first-order valence-corrected chi connectivity index (χ1v) is 11.8. The van der Waals surface area contributed by atoms with Crippen molar-refractivity contribution in [1.82, 2.24) is 0 Å². The Hall–Kier alpha value is -3.42. The van der Waals surface area contributed by atoms with Gasteiger partial charge in [0.25, 0.3) is 0 Å². The molecule has 1 unspecified atom stereocenters. The summed E-state index contributed by atoms with van der Waals surface area (Å²) in [6.07, 6.45) is 15.5. The first-order chi connectivity index (χ1) is 16.1. The number of hydrogen-bond acceptors (Lipinski definition) is 1. The van der Waals surface area contributed by atoms with Crippen molar-refractivity contribution in [3.8, 4) is 0 Å². The summed E-state index contributed by atoms with van der Waals surface area (Å²) in [7, 11) is 0. The van der Waals surface area contributed by atoms with Crippen molar-refractivity contribution < 1.29 is 0 Å². The van der Waals surface area contributed by atoms with Crippen LogP contribution in [0.5, 0.6) is 0 Å². The molecule has 0 heterocycles. The quantitative estimate of drug-likeness (QED) is 0.280. The zero-order valence-electron chi connectivity index (χ0n) is 19.8. The maximum Gasteiger partial charge on any atom is 0.0529 e. The van der Waals surface area contributed by atoms with Gasteiger partial charge in [-0.3, -0.25) is 0 Å². The molecule has 2 N–H and O–H groups in total. The first kappa shape index (κ1) is 22.8. The van der Waals surface area contributed by atoms with Gasteiger partial charge in [0.15, 0.2) is 0 Å². The Kier molecular flexibility index (Phi) is 6.91. The number of rotatable bonds is 8. The summed E-state index contributed by atoms with van der Waals surface area (Å²) in [5.41, 5.74) is 14.3. The number of hydrogen-bond donors (Lipinski definition) is 1. The van der Waals surface area contributed by atoms with E-state index in [9.17, 15) is 0 Å². The summed E-state index contributed by atoms with van der Waals surface area (Å²) in [5, 5.41) is 5.05. The van der Waals surface area contributed by atoms with E-state index >= 15 is 0 Å². The molecule has 3 aromatic carbocycles. The van der Waals surface area contributed by atoms with Gasteiger partial charge in [0.1, 0.15) is 0 Å². The molecule has 0 aliphatic heterocycles. The minimum atomic E-state index is -0.0971. The molecule has 0 amide bonds. The van der Waals surface area contributed by atoms with Gasteiger partial charge in [0, 0.05) is 0 Å². The summed E-state index contributed by atoms with van der Waals surface area (Å²) in [4.78, 5) is 0. The molecule has 0 fully saturated rings. The number of benzene rings is 3. The molecule has 0 bridgehead atoms. The lowest BCUT2D eigenvalue weighted by atomic mass is 9.94. The zero-order chi connectivity index (χ0) is 23.4. The Bertz CT molecular complexity index is 1340. The van der Waals surface area contributed by atoms with Crippen molar-refractivity contribution in [2.24, 2.45) is 5.73 Å². The maximum absolute atomic E-state index is 6.86. The van der Waals surface area contributed by atoms with Gasteiger partial charge >= 0.3 is 0 Å². The lowest BCUT2D eigenvalue weighted by Gasteiger charge is -2.12. The first-order valence-electron chi connectivity index (χ1n) is 11.8. The minimum Gasteiger partial charge on any atom is -0.320 e. The van der Waals surface area contributed by atoms with Crippen LogP contribution in [0.2, 0.25) is 0 Å². The van der Waals surface area contributed by atoms with Gasteiger partial charge in [-0.2, -0.15) is 0 Å². The molecule has 166 valence electrons. The Morgan fingerprint density at radius 3 is 2.42 bits per heavy atom. The second-order valence-corrected chi connectivity index (χ2v) is 8.70. The van der Waals surface area contributed by atoms with Crippen molar-refractivity contribution in [3.63, 3.8) is 0 Å². The van der Waals surface area contributed by atoms with Gasteiger partial charge in [-0.05, 0) is 82.1 Å². The average molecular weight is 432 g/mol. The van der Waals surface area contributed by atoms with E-state index in [4.69, 9.17) is 5.73 Å². The molecule has 0 radical (unpaired) electrons. The highest BCUT2D eigenvalue weighted by molar-refractivity contribution is 6.06. The molecule has 33 heavy (non-hydrogen) atoms. The summed E-state index contributed by atoms with van der Waals surface area (Å²) in [6.45, 7) is 12.1. The van der Waals surface area contributed by atoms with Gasteiger partial charge in [0.05, 0.1) is 6.04 Å². The highest BCUT2D eigenvalue weighted by atomic mass is 14.7. The van der Waals surface area contributed by atoms with Crippen molar-refractivity contribution >= 4 is 27.1 Å². The lowest BCUT2D eigenvalue weighted by molar-refractivity contribution is 0.842. The topological polar surface area (TPSA) is 26.0 Å². The van der Waals surface area contributed by atoms with Crippen molar-refractivity contribution in [2.45, 2.75) is 39.2 Å². The Labute approximate surface area is 198 Å². The number of fused-ring (bicyclic) bond motifs is 4. The Balaban J connectivity index is 1.89.